The van der Waals surface area contributed by atoms with Crippen LogP contribution in [0.1, 0.15) is 32.8 Å². The molecule has 4 nitrogen and oxygen atoms in total. The van der Waals surface area contributed by atoms with Crippen molar-refractivity contribution in [2.75, 3.05) is 26.3 Å². The van der Waals surface area contributed by atoms with Gasteiger partial charge in [0.25, 0.3) is 0 Å². The predicted molar refractivity (Wildman–Crippen MR) is 90.8 cm³/mol. The summed E-state index contributed by atoms with van der Waals surface area (Å²) in [5.74, 6) is 1.92. The van der Waals surface area contributed by atoms with E-state index in [0.717, 1.165) is 37.4 Å². The van der Waals surface area contributed by atoms with Crippen molar-refractivity contribution in [2.24, 2.45) is 11.7 Å². The highest BCUT2D eigenvalue weighted by molar-refractivity contribution is 6.32. The number of likely N-dealkylation sites (tertiary alicyclic amines) is 1. The molecule has 0 radical (unpaired) electrons. The highest BCUT2D eigenvalue weighted by Gasteiger charge is 2.26. The van der Waals surface area contributed by atoms with Gasteiger partial charge in [-0.05, 0) is 37.0 Å². The second-order valence-corrected chi connectivity index (χ2v) is 6.43. The van der Waals surface area contributed by atoms with Gasteiger partial charge in [0.15, 0.2) is 11.5 Å². The van der Waals surface area contributed by atoms with E-state index in [1.165, 1.54) is 0 Å². The van der Waals surface area contributed by atoms with Crippen molar-refractivity contribution in [3.05, 3.63) is 22.7 Å². The number of rotatable bonds is 7. The Hall–Kier alpha value is -0.970. The number of ether oxygens (including phenoxy) is 2. The van der Waals surface area contributed by atoms with Crippen LogP contribution in [0.15, 0.2) is 12.1 Å². The Morgan fingerprint density at radius 3 is 2.64 bits per heavy atom. The van der Waals surface area contributed by atoms with Crippen LogP contribution in [0, 0.1) is 5.92 Å². The van der Waals surface area contributed by atoms with Gasteiger partial charge in [0.2, 0.25) is 0 Å². The monoisotopic (exact) mass is 326 g/mol. The van der Waals surface area contributed by atoms with Gasteiger partial charge in [-0.15, -0.1) is 0 Å². The first-order chi connectivity index (χ1) is 10.5. The molecule has 5 heteroatoms. The average molecular weight is 327 g/mol. The van der Waals surface area contributed by atoms with Gasteiger partial charge in [0.1, 0.15) is 0 Å². The summed E-state index contributed by atoms with van der Waals surface area (Å²) in [5.41, 5.74) is 7.23. The Morgan fingerprint density at radius 2 is 2.05 bits per heavy atom. The van der Waals surface area contributed by atoms with Gasteiger partial charge in [-0.2, -0.15) is 0 Å². The van der Waals surface area contributed by atoms with E-state index in [-0.39, 0.29) is 6.04 Å². The SMILES string of the molecule is CCCOc1c(Cl)cc(CN2CC(C)C(N)C2)cc1OCC. The molecule has 0 bridgehead atoms. The average Bonchev–Trinajstić information content (AvgIpc) is 2.76. The van der Waals surface area contributed by atoms with Crippen molar-refractivity contribution in [2.45, 2.75) is 39.8 Å². The van der Waals surface area contributed by atoms with Crippen molar-refractivity contribution in [1.82, 2.24) is 4.90 Å². The lowest BCUT2D eigenvalue weighted by atomic mass is 10.1. The van der Waals surface area contributed by atoms with E-state index >= 15 is 0 Å². The van der Waals surface area contributed by atoms with E-state index in [0.29, 0.717) is 29.9 Å². The van der Waals surface area contributed by atoms with E-state index in [9.17, 15) is 0 Å². The molecular formula is C17H27ClN2O2. The summed E-state index contributed by atoms with van der Waals surface area (Å²) < 4.78 is 11.4. The molecule has 0 spiro atoms. The van der Waals surface area contributed by atoms with Gasteiger partial charge in [-0.3, -0.25) is 4.90 Å². The van der Waals surface area contributed by atoms with Crippen molar-refractivity contribution in [1.29, 1.82) is 0 Å². The minimum absolute atomic E-state index is 0.258. The maximum atomic E-state index is 6.40. The zero-order valence-corrected chi connectivity index (χ0v) is 14.5. The van der Waals surface area contributed by atoms with Crippen LogP contribution in [-0.4, -0.2) is 37.2 Å². The third-order valence-electron chi connectivity index (χ3n) is 3.97. The minimum Gasteiger partial charge on any atom is -0.490 e. The van der Waals surface area contributed by atoms with Crippen molar-refractivity contribution >= 4 is 11.6 Å². The van der Waals surface area contributed by atoms with Gasteiger partial charge < -0.3 is 15.2 Å². The normalized spacial score (nSPS) is 22.0. The molecule has 1 aliphatic rings. The maximum absolute atomic E-state index is 6.40. The lowest BCUT2D eigenvalue weighted by Gasteiger charge is -2.18. The van der Waals surface area contributed by atoms with Crippen LogP contribution in [0.4, 0.5) is 0 Å². The highest BCUT2D eigenvalue weighted by atomic mass is 35.5. The molecular weight excluding hydrogens is 300 g/mol. The number of benzene rings is 1. The molecule has 2 N–H and O–H groups in total. The van der Waals surface area contributed by atoms with Crippen LogP contribution in [0.5, 0.6) is 11.5 Å². The molecule has 2 rings (SSSR count). The Balaban J connectivity index is 2.15. The second kappa shape index (κ2) is 8.04. The molecule has 2 unspecified atom stereocenters. The molecule has 1 aromatic carbocycles. The Kier molecular flexibility index (Phi) is 6.36. The summed E-state index contributed by atoms with van der Waals surface area (Å²) in [6.07, 6.45) is 0.938. The fraction of sp³-hybridized carbons (Fsp3) is 0.647. The summed E-state index contributed by atoms with van der Waals surface area (Å²) in [5, 5.41) is 0.617. The first-order valence-electron chi connectivity index (χ1n) is 8.11. The molecule has 0 amide bonds. The fourth-order valence-electron chi connectivity index (χ4n) is 2.80. The van der Waals surface area contributed by atoms with Crippen molar-refractivity contribution in [3.8, 4) is 11.5 Å². The van der Waals surface area contributed by atoms with Crippen LogP contribution in [0.2, 0.25) is 5.02 Å². The lowest BCUT2D eigenvalue weighted by molar-refractivity contribution is 0.275. The largest absolute Gasteiger partial charge is 0.490 e. The second-order valence-electron chi connectivity index (χ2n) is 6.02. The standard InChI is InChI=1S/C17H27ClN2O2/c1-4-6-22-17-14(18)7-13(8-16(17)21-5-2)10-20-9-12(3)15(19)11-20/h7-8,12,15H,4-6,9-11,19H2,1-3H3. The van der Waals surface area contributed by atoms with E-state index in [1.807, 2.05) is 19.1 Å². The molecule has 0 aliphatic carbocycles. The van der Waals surface area contributed by atoms with E-state index in [2.05, 4.69) is 18.7 Å². The van der Waals surface area contributed by atoms with Crippen molar-refractivity contribution < 1.29 is 9.47 Å². The van der Waals surface area contributed by atoms with E-state index < -0.39 is 0 Å². The van der Waals surface area contributed by atoms with Crippen LogP contribution >= 0.6 is 11.6 Å². The Morgan fingerprint density at radius 1 is 1.27 bits per heavy atom. The first-order valence-corrected chi connectivity index (χ1v) is 8.48. The van der Waals surface area contributed by atoms with Gasteiger partial charge in [0.05, 0.1) is 18.2 Å². The van der Waals surface area contributed by atoms with Gasteiger partial charge >= 0.3 is 0 Å². The lowest BCUT2D eigenvalue weighted by Crippen LogP contribution is -2.28. The Bertz CT molecular complexity index is 486. The fourth-order valence-corrected chi connectivity index (χ4v) is 3.09. The van der Waals surface area contributed by atoms with Crippen LogP contribution in [0.3, 0.4) is 0 Å². The molecule has 1 aliphatic heterocycles. The molecule has 1 aromatic rings. The third-order valence-corrected chi connectivity index (χ3v) is 4.25. The zero-order chi connectivity index (χ0) is 16.1. The maximum Gasteiger partial charge on any atom is 0.179 e. The topological polar surface area (TPSA) is 47.7 Å². The zero-order valence-electron chi connectivity index (χ0n) is 13.8. The molecule has 0 aromatic heterocycles. The van der Waals surface area contributed by atoms with Crippen LogP contribution in [-0.2, 0) is 6.54 Å². The molecule has 2 atom stereocenters. The molecule has 0 saturated carbocycles. The van der Waals surface area contributed by atoms with Crippen LogP contribution < -0.4 is 15.2 Å². The Labute approximate surface area is 138 Å². The summed E-state index contributed by atoms with van der Waals surface area (Å²) in [7, 11) is 0. The molecule has 22 heavy (non-hydrogen) atoms. The third kappa shape index (κ3) is 4.28. The minimum atomic E-state index is 0.258. The number of nitrogens with two attached hydrogens (primary N) is 1. The predicted octanol–water partition coefficient (Wildman–Crippen LogP) is 3.31. The summed E-state index contributed by atoms with van der Waals surface area (Å²) in [6.45, 7) is 10.3. The molecule has 124 valence electrons. The van der Waals surface area contributed by atoms with Crippen molar-refractivity contribution in [3.63, 3.8) is 0 Å². The summed E-state index contributed by atoms with van der Waals surface area (Å²) >= 11 is 6.40. The number of hydrogen-bond acceptors (Lipinski definition) is 4. The highest BCUT2D eigenvalue weighted by Crippen LogP contribution is 2.37. The number of halogens is 1. The molecule has 1 saturated heterocycles. The number of hydrogen-bond donors (Lipinski definition) is 1. The number of nitrogens with zero attached hydrogens (tertiary/aromatic N) is 1. The van der Waals surface area contributed by atoms with Gasteiger partial charge in [0, 0.05) is 25.7 Å². The first kappa shape index (κ1) is 17.4. The molecule has 1 heterocycles. The van der Waals surface area contributed by atoms with Crippen LogP contribution in [0.25, 0.3) is 0 Å². The van der Waals surface area contributed by atoms with E-state index in [1.54, 1.807) is 0 Å². The molecule has 1 fully saturated rings. The van der Waals surface area contributed by atoms with Gasteiger partial charge in [-0.1, -0.05) is 25.4 Å². The van der Waals surface area contributed by atoms with Gasteiger partial charge in [-0.25, -0.2) is 0 Å². The summed E-state index contributed by atoms with van der Waals surface area (Å²) in [4.78, 5) is 2.36. The quantitative estimate of drug-likeness (QED) is 0.835. The van der Waals surface area contributed by atoms with E-state index in [4.69, 9.17) is 26.8 Å². The summed E-state index contributed by atoms with van der Waals surface area (Å²) in [6, 6.07) is 4.27. The smallest absolute Gasteiger partial charge is 0.179 e.